The van der Waals surface area contributed by atoms with Crippen LogP contribution in [0.15, 0.2) is 84.9 Å². The zero-order chi connectivity index (χ0) is 26.6. The maximum Gasteiger partial charge on any atom is 0.491 e. The lowest BCUT2D eigenvalue weighted by atomic mass is 9.79. The number of anilines is 1. The van der Waals surface area contributed by atoms with Crippen molar-refractivity contribution in [3.05, 3.63) is 106 Å². The second-order valence-electron chi connectivity index (χ2n) is 8.58. The summed E-state index contributed by atoms with van der Waals surface area (Å²) in [5.41, 5.74) is 9.61. The molecule has 4 N–H and O–H groups in total. The van der Waals surface area contributed by atoms with Crippen molar-refractivity contribution in [2.45, 2.75) is 20.6 Å². The molecule has 12 heteroatoms. The first kappa shape index (κ1) is 27.7. The number of nitrogens with zero attached hydrogens (tertiary/aromatic N) is 1. The minimum Gasteiger partial charge on any atom is -0.457 e. The predicted octanol–water partition coefficient (Wildman–Crippen LogP) is 3.52. The molecule has 0 saturated heterocycles. The zero-order valence-corrected chi connectivity index (χ0v) is 20.0. The van der Waals surface area contributed by atoms with Gasteiger partial charge >= 0.3 is 14.2 Å². The molecule has 6 rings (SSSR count). The van der Waals surface area contributed by atoms with Gasteiger partial charge in [-0.2, -0.15) is 0 Å². The van der Waals surface area contributed by atoms with Crippen LogP contribution in [0.25, 0.3) is 0 Å². The van der Waals surface area contributed by atoms with E-state index < -0.39 is 19.2 Å². The highest BCUT2D eigenvalue weighted by atomic mass is 16.6. The van der Waals surface area contributed by atoms with Crippen molar-refractivity contribution in [3.63, 3.8) is 0 Å². The van der Waals surface area contributed by atoms with Gasteiger partial charge in [-0.15, -0.1) is 0 Å². The molecule has 0 saturated carbocycles. The number of nitro groups is 1. The fourth-order valence-corrected chi connectivity index (χ4v) is 4.02. The largest absolute Gasteiger partial charge is 0.491 e. The van der Waals surface area contributed by atoms with Gasteiger partial charge in [0.1, 0.15) is 23.0 Å². The summed E-state index contributed by atoms with van der Waals surface area (Å²) < 4.78 is 21.5. The van der Waals surface area contributed by atoms with E-state index in [9.17, 15) is 20.2 Å². The van der Waals surface area contributed by atoms with Crippen LogP contribution in [0, 0.1) is 10.1 Å². The van der Waals surface area contributed by atoms with E-state index in [2.05, 4.69) is 0 Å². The smallest absolute Gasteiger partial charge is 0.457 e. The third-order valence-corrected chi connectivity index (χ3v) is 5.92. The number of nitrogens with two attached hydrogens (primary N) is 1. The number of hydrogen-bond acceptors (Lipinski definition) is 9. The topological polar surface area (TPSA) is 147 Å². The summed E-state index contributed by atoms with van der Waals surface area (Å²) in [4.78, 5) is 10.2. The zero-order valence-electron chi connectivity index (χ0n) is 20.0. The van der Waals surface area contributed by atoms with E-state index in [-0.39, 0.29) is 13.1 Å². The lowest BCUT2D eigenvalue weighted by Gasteiger charge is -2.08. The summed E-state index contributed by atoms with van der Waals surface area (Å²) in [7, 11) is -1.80. The third kappa shape index (κ3) is 6.57. The van der Waals surface area contributed by atoms with E-state index in [0.29, 0.717) is 47.4 Å². The van der Waals surface area contributed by atoms with Crippen molar-refractivity contribution in [2.24, 2.45) is 0 Å². The van der Waals surface area contributed by atoms with Crippen LogP contribution in [-0.4, -0.2) is 29.2 Å². The molecule has 39 heavy (non-hydrogen) atoms. The number of rotatable bonds is 5. The van der Waals surface area contributed by atoms with Crippen LogP contribution >= 0.6 is 0 Å². The average Bonchev–Trinajstić information content (AvgIpc) is 3.46. The maximum absolute atomic E-state index is 10.7. The van der Waals surface area contributed by atoms with E-state index in [1.165, 1.54) is 12.1 Å². The van der Waals surface area contributed by atoms with Gasteiger partial charge in [-0.3, -0.25) is 10.1 Å². The summed E-state index contributed by atoms with van der Waals surface area (Å²) in [5, 5.41) is 29.9. The molecule has 2 aliphatic heterocycles. The van der Waals surface area contributed by atoms with E-state index in [4.69, 9.17) is 24.5 Å². The van der Waals surface area contributed by atoms with Crippen molar-refractivity contribution in [1.82, 2.24) is 0 Å². The van der Waals surface area contributed by atoms with Gasteiger partial charge in [-0.25, -0.2) is 0 Å². The molecule has 2 aliphatic rings. The van der Waals surface area contributed by atoms with Crippen LogP contribution in [0.4, 0.5) is 11.4 Å². The SMILES string of the molecule is C.Nc1cccc(Oc2ccc3c(c2)B(O)OC3)c1.O=[N+]([O-])c1cccc(Oc2ccc3c(c2)B(O)OC3)c1. The highest BCUT2D eigenvalue weighted by Gasteiger charge is 2.28. The number of non-ortho nitro benzene ring substituents is 1. The normalized spacial score (nSPS) is 13.0. The Morgan fingerprint density at radius 3 is 1.74 bits per heavy atom. The quantitative estimate of drug-likeness (QED) is 0.153. The molecular weight excluding hydrogens is 502 g/mol. The molecule has 2 heterocycles. The van der Waals surface area contributed by atoms with E-state index in [1.807, 2.05) is 24.3 Å². The summed E-state index contributed by atoms with van der Waals surface area (Å²) >= 11 is 0. The molecule has 0 radical (unpaired) electrons. The Hall–Kier alpha value is -4.35. The highest BCUT2D eigenvalue weighted by molar-refractivity contribution is 6.62. The third-order valence-electron chi connectivity index (χ3n) is 5.92. The van der Waals surface area contributed by atoms with Crippen molar-refractivity contribution < 1.29 is 33.8 Å². The van der Waals surface area contributed by atoms with Crippen LogP contribution < -0.4 is 26.1 Å². The summed E-state index contributed by atoms with van der Waals surface area (Å²) in [6.45, 7) is 0.808. The molecule has 0 bridgehead atoms. The van der Waals surface area contributed by atoms with E-state index >= 15 is 0 Å². The fourth-order valence-electron chi connectivity index (χ4n) is 4.02. The predicted molar refractivity (Wildman–Crippen MR) is 149 cm³/mol. The number of hydrogen-bond donors (Lipinski definition) is 3. The second kappa shape index (κ2) is 12.0. The first-order chi connectivity index (χ1) is 18.4. The van der Waals surface area contributed by atoms with Crippen LogP contribution in [-0.2, 0) is 22.5 Å². The van der Waals surface area contributed by atoms with Crippen LogP contribution in [0.3, 0.4) is 0 Å². The van der Waals surface area contributed by atoms with Crippen molar-refractivity contribution in [2.75, 3.05) is 5.73 Å². The Morgan fingerprint density at radius 1 is 0.744 bits per heavy atom. The molecular formula is C27H26B2N2O8. The molecule has 0 amide bonds. The van der Waals surface area contributed by atoms with Gasteiger partial charge in [-0.05, 0) is 64.5 Å². The van der Waals surface area contributed by atoms with Gasteiger partial charge < -0.3 is 34.6 Å². The number of fused-ring (bicyclic) bond motifs is 2. The Kier molecular flexibility index (Phi) is 8.52. The minimum absolute atomic E-state index is 0. The average molecular weight is 528 g/mol. The molecule has 4 aromatic carbocycles. The molecule has 0 aliphatic carbocycles. The van der Waals surface area contributed by atoms with Gasteiger partial charge in [0.15, 0.2) is 0 Å². The van der Waals surface area contributed by atoms with Gasteiger partial charge in [0.2, 0.25) is 0 Å². The standard InChI is InChI=1S/C13H10BNO5.C13H12BNO3.CH4/c16-14-13-7-12(5-4-9(13)8-19-14)20-11-3-1-2-10(6-11)15(17)18;15-10-2-1-3-11(6-10)18-12-5-4-9-8-17-14(16)13(9)7-12;/h1-7,16H,8H2;1-7,16H,8,15H2;1H4. The van der Waals surface area contributed by atoms with Crippen molar-refractivity contribution >= 4 is 36.5 Å². The van der Waals surface area contributed by atoms with Crippen LogP contribution in [0.5, 0.6) is 23.0 Å². The van der Waals surface area contributed by atoms with E-state index in [0.717, 1.165) is 16.6 Å². The minimum atomic E-state index is -0.946. The van der Waals surface area contributed by atoms with Crippen LogP contribution in [0.1, 0.15) is 18.6 Å². The molecule has 0 unspecified atom stereocenters. The first-order valence-corrected chi connectivity index (χ1v) is 11.7. The van der Waals surface area contributed by atoms with Crippen LogP contribution in [0.2, 0.25) is 0 Å². The second-order valence-corrected chi connectivity index (χ2v) is 8.58. The molecule has 198 valence electrons. The Balaban J connectivity index is 0.000000177. The lowest BCUT2D eigenvalue weighted by Crippen LogP contribution is -2.27. The van der Waals surface area contributed by atoms with Gasteiger partial charge in [0, 0.05) is 17.8 Å². The molecule has 10 nitrogen and oxygen atoms in total. The number of nitro benzene ring substituents is 1. The number of nitrogen functional groups attached to an aromatic ring is 1. The Morgan fingerprint density at radius 2 is 1.23 bits per heavy atom. The number of ether oxygens (including phenoxy) is 2. The summed E-state index contributed by atoms with van der Waals surface area (Å²) in [5.74, 6) is 2.19. The molecule has 0 aromatic heterocycles. The van der Waals surface area contributed by atoms with E-state index in [1.54, 1.807) is 48.5 Å². The Bertz CT molecular complexity index is 1490. The maximum atomic E-state index is 10.7. The van der Waals surface area contributed by atoms with Gasteiger partial charge in [0.25, 0.3) is 5.69 Å². The Labute approximate surface area is 226 Å². The fraction of sp³-hybridized carbons (Fsp3) is 0.111. The number of benzene rings is 4. The highest BCUT2D eigenvalue weighted by Crippen LogP contribution is 2.26. The first-order valence-electron chi connectivity index (χ1n) is 11.7. The lowest BCUT2D eigenvalue weighted by molar-refractivity contribution is -0.384. The van der Waals surface area contributed by atoms with Gasteiger partial charge in [0.05, 0.1) is 24.2 Å². The summed E-state index contributed by atoms with van der Waals surface area (Å²) in [6.07, 6.45) is 0. The summed E-state index contributed by atoms with van der Waals surface area (Å²) in [6, 6.07) is 23.9. The molecule has 4 aromatic rings. The molecule has 0 fully saturated rings. The van der Waals surface area contributed by atoms with Crippen molar-refractivity contribution in [1.29, 1.82) is 0 Å². The molecule has 0 spiro atoms. The van der Waals surface area contributed by atoms with Crippen molar-refractivity contribution in [3.8, 4) is 23.0 Å². The molecule has 0 atom stereocenters. The van der Waals surface area contributed by atoms with Gasteiger partial charge in [-0.1, -0.05) is 31.7 Å². The monoisotopic (exact) mass is 528 g/mol.